The maximum absolute atomic E-state index is 7.12. The summed E-state index contributed by atoms with van der Waals surface area (Å²) in [6.07, 6.45) is 3.54. The second-order valence-corrected chi connectivity index (χ2v) is 6.65. The molecule has 1 N–H and O–H groups in total. The van der Waals surface area contributed by atoms with Crippen LogP contribution in [0.1, 0.15) is 26.3 Å². The number of anilines is 2. The molecule has 0 radical (unpaired) electrons. The summed E-state index contributed by atoms with van der Waals surface area (Å²) in [6, 6.07) is 9.49. The van der Waals surface area contributed by atoms with Crippen LogP contribution < -0.4 is 10.2 Å². The van der Waals surface area contributed by atoms with Gasteiger partial charge in [-0.25, -0.2) is 4.85 Å². The number of rotatable bonds is 2. The first-order valence-corrected chi connectivity index (χ1v) is 7.73. The lowest BCUT2D eigenvalue weighted by Crippen LogP contribution is -2.48. The molecule has 1 aromatic heterocycles. The third-order valence-corrected chi connectivity index (χ3v) is 3.63. The number of pyridine rings is 1. The average molecular weight is 324 g/mol. The first kappa shape index (κ1) is 16.9. The van der Waals surface area contributed by atoms with Crippen LogP contribution in [0.3, 0.4) is 0 Å². The smallest absolute Gasteiger partial charge is 0.190 e. The molecule has 4 nitrogen and oxygen atoms in total. The molecule has 5 heteroatoms. The van der Waals surface area contributed by atoms with E-state index in [1.165, 1.54) is 0 Å². The minimum absolute atomic E-state index is 0.196. The van der Waals surface area contributed by atoms with Crippen molar-refractivity contribution in [3.63, 3.8) is 0 Å². The second kappa shape index (κ2) is 6.76. The fraction of sp³-hybridized carbons (Fsp3) is 0.278. The van der Waals surface area contributed by atoms with E-state index in [0.717, 1.165) is 16.9 Å². The normalized spacial score (nSPS) is 10.7. The average Bonchev–Trinajstić information content (AvgIpc) is 2.47. The molecule has 0 bridgehead atoms. The first-order valence-electron chi connectivity index (χ1n) is 7.32. The summed E-state index contributed by atoms with van der Waals surface area (Å²) in [4.78, 5) is 9.70. The van der Waals surface area contributed by atoms with Crippen molar-refractivity contribution >= 4 is 34.4 Å². The van der Waals surface area contributed by atoms with E-state index in [9.17, 15) is 0 Å². The Morgan fingerprint density at radius 1 is 1.30 bits per heavy atom. The van der Waals surface area contributed by atoms with Gasteiger partial charge in [0.2, 0.25) is 0 Å². The van der Waals surface area contributed by atoms with Crippen molar-refractivity contribution in [3.8, 4) is 0 Å². The summed E-state index contributed by atoms with van der Waals surface area (Å²) < 4.78 is 0. The molecule has 23 heavy (non-hydrogen) atoms. The molecular formula is C18H20N4S. The highest BCUT2D eigenvalue weighted by Gasteiger charge is 2.25. The number of nitrogens with one attached hydrogen (secondary N) is 1. The van der Waals surface area contributed by atoms with E-state index in [0.29, 0.717) is 10.8 Å². The van der Waals surface area contributed by atoms with E-state index in [1.54, 1.807) is 18.5 Å². The summed E-state index contributed by atoms with van der Waals surface area (Å²) >= 11 is 5.62. The van der Waals surface area contributed by atoms with E-state index in [2.05, 4.69) is 35.9 Å². The molecule has 0 saturated carbocycles. The van der Waals surface area contributed by atoms with Gasteiger partial charge in [0.15, 0.2) is 10.8 Å². The van der Waals surface area contributed by atoms with Crippen LogP contribution in [-0.4, -0.2) is 15.6 Å². The summed E-state index contributed by atoms with van der Waals surface area (Å²) in [5.74, 6) is 0. The number of hydrogen-bond acceptors (Lipinski definition) is 2. The Balaban J connectivity index is 2.29. The Hall–Kier alpha value is -2.45. The van der Waals surface area contributed by atoms with Crippen molar-refractivity contribution in [3.05, 3.63) is 59.7 Å². The monoisotopic (exact) mass is 324 g/mol. The predicted octanol–water partition coefficient (Wildman–Crippen LogP) is 4.94. The fourth-order valence-corrected chi connectivity index (χ4v) is 2.83. The van der Waals surface area contributed by atoms with E-state index >= 15 is 0 Å². The van der Waals surface area contributed by atoms with Crippen LogP contribution in [0.5, 0.6) is 0 Å². The predicted molar refractivity (Wildman–Crippen MR) is 100 cm³/mol. The van der Waals surface area contributed by atoms with Crippen LogP contribution in [0.15, 0.2) is 42.7 Å². The maximum Gasteiger partial charge on any atom is 0.190 e. The van der Waals surface area contributed by atoms with Gasteiger partial charge in [0.1, 0.15) is 0 Å². The van der Waals surface area contributed by atoms with Crippen LogP contribution in [0.2, 0.25) is 0 Å². The van der Waals surface area contributed by atoms with Gasteiger partial charge in [0.25, 0.3) is 0 Å². The number of thiocarbonyl (C=S) groups is 1. The van der Waals surface area contributed by atoms with Gasteiger partial charge >= 0.3 is 0 Å². The molecule has 0 aliphatic heterocycles. The summed E-state index contributed by atoms with van der Waals surface area (Å²) in [7, 11) is 0. The van der Waals surface area contributed by atoms with Crippen molar-refractivity contribution < 1.29 is 0 Å². The van der Waals surface area contributed by atoms with Gasteiger partial charge in [-0.3, -0.25) is 4.98 Å². The highest BCUT2D eigenvalue weighted by Crippen LogP contribution is 2.26. The van der Waals surface area contributed by atoms with Gasteiger partial charge in [0, 0.05) is 17.4 Å². The van der Waals surface area contributed by atoms with E-state index < -0.39 is 0 Å². The summed E-state index contributed by atoms with van der Waals surface area (Å²) in [5, 5.41) is 3.86. The number of nitrogens with zero attached hydrogens (tertiary/aromatic N) is 3. The Bertz CT molecular complexity index is 742. The highest BCUT2D eigenvalue weighted by molar-refractivity contribution is 7.80. The summed E-state index contributed by atoms with van der Waals surface area (Å²) in [6.45, 7) is 15.3. The van der Waals surface area contributed by atoms with Crippen LogP contribution in [0, 0.1) is 13.5 Å². The first-order chi connectivity index (χ1) is 10.8. The van der Waals surface area contributed by atoms with Crippen molar-refractivity contribution in [2.45, 2.75) is 33.2 Å². The lowest BCUT2D eigenvalue weighted by atomic mass is 10.1. The molecule has 1 heterocycles. The van der Waals surface area contributed by atoms with Crippen molar-refractivity contribution in [2.24, 2.45) is 0 Å². The topological polar surface area (TPSA) is 32.5 Å². The van der Waals surface area contributed by atoms with Gasteiger partial charge in [-0.15, -0.1) is 0 Å². The van der Waals surface area contributed by atoms with Crippen LogP contribution in [0.4, 0.5) is 17.1 Å². The summed E-state index contributed by atoms with van der Waals surface area (Å²) in [5.41, 5.74) is 3.20. The second-order valence-electron chi connectivity index (χ2n) is 6.26. The molecule has 0 unspecified atom stereocenters. The molecule has 118 valence electrons. The standard InChI is InChI=1S/C18H20N4S/c1-13-11-14(8-9-16(13)19-5)21-17(23)22(18(2,3)4)15-7-6-10-20-12-15/h6-12H,1-4H3,(H,21,23). The molecule has 0 atom stereocenters. The molecule has 2 rings (SSSR count). The van der Waals surface area contributed by atoms with Gasteiger partial charge in [0.05, 0.1) is 18.5 Å². The maximum atomic E-state index is 7.12. The zero-order valence-electron chi connectivity index (χ0n) is 13.8. The molecular weight excluding hydrogens is 304 g/mol. The third kappa shape index (κ3) is 4.05. The van der Waals surface area contributed by atoms with Gasteiger partial charge in [-0.2, -0.15) is 0 Å². The third-order valence-electron chi connectivity index (χ3n) is 3.35. The van der Waals surface area contributed by atoms with Crippen molar-refractivity contribution in [1.82, 2.24) is 4.98 Å². The van der Waals surface area contributed by atoms with Crippen LogP contribution >= 0.6 is 12.2 Å². The Morgan fingerprint density at radius 3 is 2.57 bits per heavy atom. The minimum Gasteiger partial charge on any atom is -0.332 e. The van der Waals surface area contributed by atoms with Crippen molar-refractivity contribution in [2.75, 3.05) is 10.2 Å². The Morgan fingerprint density at radius 2 is 2.04 bits per heavy atom. The number of hydrogen-bond donors (Lipinski definition) is 1. The fourth-order valence-electron chi connectivity index (χ4n) is 2.33. The lowest BCUT2D eigenvalue weighted by molar-refractivity contribution is 0.573. The zero-order chi connectivity index (χ0) is 17.0. The van der Waals surface area contributed by atoms with Crippen LogP contribution in [-0.2, 0) is 0 Å². The van der Waals surface area contributed by atoms with Gasteiger partial charge in [-0.1, -0.05) is 6.07 Å². The Kier molecular flexibility index (Phi) is 4.97. The lowest BCUT2D eigenvalue weighted by Gasteiger charge is -2.37. The molecule has 2 aromatic rings. The molecule has 0 saturated heterocycles. The molecule has 0 aliphatic rings. The van der Waals surface area contributed by atoms with Gasteiger partial charge in [-0.05, 0) is 69.7 Å². The molecule has 0 fully saturated rings. The number of aryl methyl sites for hydroxylation is 1. The van der Waals surface area contributed by atoms with Crippen LogP contribution in [0.25, 0.3) is 4.85 Å². The number of aromatic nitrogens is 1. The van der Waals surface area contributed by atoms with E-state index in [-0.39, 0.29) is 5.54 Å². The molecule has 1 aromatic carbocycles. The highest BCUT2D eigenvalue weighted by atomic mass is 32.1. The quantitative estimate of drug-likeness (QED) is 0.626. The molecule has 0 aliphatic carbocycles. The zero-order valence-corrected chi connectivity index (χ0v) is 14.6. The minimum atomic E-state index is -0.196. The SMILES string of the molecule is [C-]#[N+]c1ccc(NC(=S)N(c2cccnc2)C(C)(C)C)cc1C. The molecule has 0 spiro atoms. The largest absolute Gasteiger partial charge is 0.332 e. The Labute approximate surface area is 143 Å². The molecule has 0 amide bonds. The van der Waals surface area contributed by atoms with Crippen molar-refractivity contribution in [1.29, 1.82) is 0 Å². The number of benzene rings is 1. The van der Waals surface area contributed by atoms with Gasteiger partial charge < -0.3 is 10.2 Å². The van der Waals surface area contributed by atoms with E-state index in [4.69, 9.17) is 18.8 Å². The van der Waals surface area contributed by atoms with E-state index in [1.807, 2.05) is 36.1 Å².